The number of pyridine rings is 1. The summed E-state index contributed by atoms with van der Waals surface area (Å²) in [6.45, 7) is 0. The molecule has 1 aliphatic heterocycles. The van der Waals surface area contributed by atoms with Crippen LogP contribution in [0.1, 0.15) is 12.0 Å². The van der Waals surface area contributed by atoms with E-state index in [0.29, 0.717) is 25.7 Å². The van der Waals surface area contributed by atoms with Crippen LogP contribution < -0.4 is 5.56 Å². The molecule has 1 aliphatic rings. The van der Waals surface area contributed by atoms with E-state index in [9.17, 15) is 9.90 Å². The number of rotatable bonds is 2. The number of benzene rings is 1. The third kappa shape index (κ3) is 2.72. The minimum absolute atomic E-state index is 0.0392. The molecule has 3 aromatic rings. The molecule has 2 N–H and O–H groups in total. The molecule has 3 heterocycles. The number of hydrogen-bond acceptors (Lipinski definition) is 3. The number of halogens is 1. The summed E-state index contributed by atoms with van der Waals surface area (Å²) in [7, 11) is 0. The van der Waals surface area contributed by atoms with Gasteiger partial charge in [0.25, 0.3) is 0 Å². The number of aromatic amines is 1. The van der Waals surface area contributed by atoms with E-state index in [2.05, 4.69) is 11.1 Å². The normalized spacial score (nSPS) is 14.5. The molecule has 0 fully saturated rings. The molecule has 3 nitrogen and oxygen atoms in total. The molecule has 119 valence electrons. The fourth-order valence-electron chi connectivity index (χ4n) is 3.20. The van der Waals surface area contributed by atoms with Crippen molar-refractivity contribution in [1.29, 1.82) is 0 Å². The predicted molar refractivity (Wildman–Crippen MR) is 103 cm³/mol. The van der Waals surface area contributed by atoms with E-state index in [1.807, 2.05) is 30.3 Å². The molecule has 2 aromatic heterocycles. The first-order valence-corrected chi connectivity index (χ1v) is 13.7. The summed E-state index contributed by atoms with van der Waals surface area (Å²) in [6.07, 6.45) is 3.36. The Morgan fingerprint density at radius 3 is 2.71 bits per heavy atom. The molecular formula is C18H14ClInNO2S. The monoisotopic (exact) mass is 458 g/mol. The number of allylic oxidation sites excluding steroid dienone is 2. The van der Waals surface area contributed by atoms with Gasteiger partial charge in [0.2, 0.25) is 0 Å². The van der Waals surface area contributed by atoms with Crippen LogP contribution in [0, 0.1) is 0 Å². The number of aromatic hydroxyl groups is 1. The number of fused-ring (bicyclic) bond motifs is 1. The van der Waals surface area contributed by atoms with Gasteiger partial charge >= 0.3 is 160 Å². The van der Waals surface area contributed by atoms with Gasteiger partial charge in [0.15, 0.2) is 0 Å². The molecule has 4 rings (SSSR count). The van der Waals surface area contributed by atoms with Crippen molar-refractivity contribution in [2.24, 2.45) is 0 Å². The van der Waals surface area contributed by atoms with Gasteiger partial charge in [-0.25, -0.2) is 0 Å². The van der Waals surface area contributed by atoms with E-state index in [1.54, 1.807) is 0 Å². The topological polar surface area (TPSA) is 53.1 Å². The SMILES string of the molecule is O=c1[nH]c2sc(Cl)c(C3=CC[CH2][In][CH2]3)c2c(O)c1-c1ccccc1. The molecule has 1 aromatic carbocycles. The van der Waals surface area contributed by atoms with Gasteiger partial charge in [-0.05, 0) is 0 Å². The van der Waals surface area contributed by atoms with Gasteiger partial charge in [0, 0.05) is 0 Å². The molecule has 0 saturated carbocycles. The second-order valence-corrected chi connectivity index (χ2v) is 11.9. The number of nitrogens with one attached hydrogen (secondary N) is 1. The third-order valence-corrected chi connectivity index (χ3v) is 9.81. The summed E-state index contributed by atoms with van der Waals surface area (Å²) in [5.74, 6) is 0.0392. The van der Waals surface area contributed by atoms with Crippen molar-refractivity contribution in [2.75, 3.05) is 0 Å². The third-order valence-electron chi connectivity index (χ3n) is 4.30. The Kier molecular flexibility index (Phi) is 4.50. The molecule has 0 bridgehead atoms. The van der Waals surface area contributed by atoms with Crippen LogP contribution in [-0.4, -0.2) is 33.0 Å². The van der Waals surface area contributed by atoms with Crippen molar-refractivity contribution < 1.29 is 5.11 Å². The Balaban J connectivity index is 2.04. The Bertz CT molecular complexity index is 1010. The number of H-pyrrole nitrogens is 1. The van der Waals surface area contributed by atoms with Gasteiger partial charge in [-0.3, -0.25) is 0 Å². The summed E-state index contributed by atoms with van der Waals surface area (Å²) in [4.78, 5) is 16.0. The fourth-order valence-corrected chi connectivity index (χ4v) is 8.28. The second kappa shape index (κ2) is 6.62. The molecular weight excluding hydrogens is 445 g/mol. The van der Waals surface area contributed by atoms with Crippen LogP contribution in [-0.2, 0) is 0 Å². The summed E-state index contributed by atoms with van der Waals surface area (Å²) in [6, 6.07) is 9.27. The molecule has 0 spiro atoms. The van der Waals surface area contributed by atoms with Gasteiger partial charge in [-0.15, -0.1) is 0 Å². The fraction of sp³-hybridized carbons (Fsp3) is 0.167. The minimum atomic E-state index is -0.549. The van der Waals surface area contributed by atoms with Gasteiger partial charge in [-0.1, -0.05) is 0 Å². The number of thiophene rings is 1. The molecule has 0 amide bonds. The van der Waals surface area contributed by atoms with Crippen LogP contribution in [0.4, 0.5) is 0 Å². The van der Waals surface area contributed by atoms with Crippen molar-refractivity contribution in [3.05, 3.63) is 56.7 Å². The Hall–Kier alpha value is -1.17. The maximum absolute atomic E-state index is 12.5. The van der Waals surface area contributed by atoms with Gasteiger partial charge in [0.1, 0.15) is 0 Å². The average molecular weight is 459 g/mol. The van der Waals surface area contributed by atoms with E-state index in [-0.39, 0.29) is 11.3 Å². The maximum atomic E-state index is 12.5. The first kappa shape index (κ1) is 16.3. The van der Waals surface area contributed by atoms with Crippen molar-refractivity contribution in [3.63, 3.8) is 0 Å². The number of hydrogen-bond donors (Lipinski definition) is 2. The van der Waals surface area contributed by atoms with Gasteiger partial charge in [0.05, 0.1) is 0 Å². The van der Waals surface area contributed by atoms with E-state index >= 15 is 0 Å². The summed E-state index contributed by atoms with van der Waals surface area (Å²) >= 11 is 7.28. The van der Waals surface area contributed by atoms with Crippen LogP contribution in [0.2, 0.25) is 12.7 Å². The second-order valence-electron chi connectivity index (χ2n) is 5.80. The standard InChI is InChI=1S/C18H14ClNO2S.In/c1-3-7-10(2)12-14-15(21)13(11-8-5-4-6-9-11)17(22)20-18(14)23-16(12)19;/h4-9H,1-3H2,(H2,20,21,22);. The Morgan fingerprint density at radius 2 is 2.00 bits per heavy atom. The Morgan fingerprint density at radius 1 is 1.21 bits per heavy atom. The zero-order valence-electron chi connectivity index (χ0n) is 12.8. The van der Waals surface area contributed by atoms with Crippen molar-refractivity contribution in [2.45, 2.75) is 14.8 Å². The summed E-state index contributed by atoms with van der Waals surface area (Å²) in [5.41, 5.74) is 2.92. The van der Waals surface area contributed by atoms with Gasteiger partial charge < -0.3 is 0 Å². The molecule has 0 unspecified atom stereocenters. The molecule has 0 atom stereocenters. The van der Waals surface area contributed by atoms with E-state index in [0.717, 1.165) is 16.2 Å². The van der Waals surface area contributed by atoms with E-state index in [4.69, 9.17) is 11.6 Å². The first-order chi connectivity index (χ1) is 11.7. The van der Waals surface area contributed by atoms with Crippen LogP contribution in [0.25, 0.3) is 26.9 Å². The molecule has 0 aliphatic carbocycles. The van der Waals surface area contributed by atoms with E-state index < -0.39 is 22.9 Å². The van der Waals surface area contributed by atoms with Crippen LogP contribution in [0.5, 0.6) is 5.75 Å². The zero-order chi connectivity index (χ0) is 16.7. The van der Waals surface area contributed by atoms with Crippen LogP contribution in [0.3, 0.4) is 0 Å². The Labute approximate surface area is 159 Å². The summed E-state index contributed by atoms with van der Waals surface area (Å²) in [5, 5.41) is 11.6. The molecule has 6 heteroatoms. The first-order valence-electron chi connectivity index (χ1n) is 7.80. The zero-order valence-corrected chi connectivity index (χ0v) is 17.7. The molecule has 24 heavy (non-hydrogen) atoms. The molecule has 1 radical (unpaired) electrons. The van der Waals surface area contributed by atoms with Crippen molar-refractivity contribution in [3.8, 4) is 16.9 Å². The van der Waals surface area contributed by atoms with E-state index in [1.165, 1.54) is 21.1 Å². The van der Waals surface area contributed by atoms with Crippen molar-refractivity contribution in [1.82, 2.24) is 4.98 Å². The summed E-state index contributed by atoms with van der Waals surface area (Å²) < 4.78 is 3.16. The average Bonchev–Trinajstić information content (AvgIpc) is 2.92. The van der Waals surface area contributed by atoms with Crippen molar-refractivity contribution >= 4 is 61.6 Å². The predicted octanol–water partition coefficient (Wildman–Crippen LogP) is 4.94. The molecule has 0 saturated heterocycles. The van der Waals surface area contributed by atoms with Crippen LogP contribution in [0.15, 0.2) is 41.2 Å². The number of aromatic nitrogens is 1. The quantitative estimate of drug-likeness (QED) is 0.571. The van der Waals surface area contributed by atoms with Crippen LogP contribution >= 0.6 is 22.9 Å². The van der Waals surface area contributed by atoms with Gasteiger partial charge in [-0.2, -0.15) is 0 Å².